The van der Waals surface area contributed by atoms with Gasteiger partial charge >= 0.3 is 0 Å². The molecule has 0 aliphatic carbocycles. The predicted molar refractivity (Wildman–Crippen MR) is 55.8 cm³/mol. The Hall–Kier alpha value is -0.0800. The molecule has 0 saturated carbocycles. The minimum atomic E-state index is -0.439. The van der Waals surface area contributed by atoms with Crippen LogP contribution in [0.3, 0.4) is 0 Å². The molecule has 2 nitrogen and oxygen atoms in total. The van der Waals surface area contributed by atoms with Gasteiger partial charge in [0.15, 0.2) is 0 Å². The van der Waals surface area contributed by atoms with Gasteiger partial charge in [-0.1, -0.05) is 20.8 Å². The molecule has 1 saturated heterocycles. The van der Waals surface area contributed by atoms with E-state index < -0.39 is 5.60 Å². The van der Waals surface area contributed by atoms with E-state index in [0.717, 1.165) is 32.4 Å². The Labute approximate surface area is 81.9 Å². The summed E-state index contributed by atoms with van der Waals surface area (Å²) in [6.07, 6.45) is 3.00. The third-order valence-corrected chi connectivity index (χ3v) is 2.61. The molecule has 1 atom stereocenters. The molecular weight excluding hydrogens is 162 g/mol. The number of nitrogens with zero attached hydrogens (tertiary/aromatic N) is 1. The van der Waals surface area contributed by atoms with Crippen LogP contribution in [-0.2, 0) is 0 Å². The molecule has 1 fully saturated rings. The Bertz CT molecular complexity index is 173. The van der Waals surface area contributed by atoms with Gasteiger partial charge in [-0.2, -0.15) is 0 Å². The predicted octanol–water partition coefficient (Wildman–Crippen LogP) is 1.88. The maximum absolute atomic E-state index is 10.3. The van der Waals surface area contributed by atoms with E-state index in [1.54, 1.807) is 0 Å². The van der Waals surface area contributed by atoms with E-state index in [0.29, 0.717) is 0 Å². The van der Waals surface area contributed by atoms with Crippen LogP contribution in [0.15, 0.2) is 0 Å². The molecule has 0 radical (unpaired) electrons. The van der Waals surface area contributed by atoms with Crippen LogP contribution >= 0.6 is 0 Å². The van der Waals surface area contributed by atoms with Crippen molar-refractivity contribution in [1.29, 1.82) is 0 Å². The number of aliphatic hydroxyl groups is 1. The molecule has 13 heavy (non-hydrogen) atoms. The lowest BCUT2D eigenvalue weighted by Gasteiger charge is -2.41. The highest BCUT2D eigenvalue weighted by Crippen LogP contribution is 2.32. The Balaban J connectivity index is 2.54. The number of hydrogen-bond acceptors (Lipinski definition) is 2. The van der Waals surface area contributed by atoms with Gasteiger partial charge < -0.3 is 10.0 Å². The quantitative estimate of drug-likeness (QED) is 0.674. The monoisotopic (exact) mass is 185 g/mol. The minimum absolute atomic E-state index is 0.229. The van der Waals surface area contributed by atoms with Gasteiger partial charge in [-0.25, -0.2) is 0 Å². The van der Waals surface area contributed by atoms with Crippen LogP contribution in [0.5, 0.6) is 0 Å². The number of rotatable bonds is 1. The Morgan fingerprint density at radius 2 is 2.00 bits per heavy atom. The van der Waals surface area contributed by atoms with Crippen LogP contribution < -0.4 is 0 Å². The van der Waals surface area contributed by atoms with Gasteiger partial charge in [0.25, 0.3) is 0 Å². The Morgan fingerprint density at radius 1 is 1.38 bits per heavy atom. The van der Waals surface area contributed by atoms with Crippen molar-refractivity contribution >= 4 is 0 Å². The zero-order valence-electron chi connectivity index (χ0n) is 9.43. The number of hydrogen-bond donors (Lipinski definition) is 1. The zero-order chi connectivity index (χ0) is 10.1. The summed E-state index contributed by atoms with van der Waals surface area (Å²) in [5, 5.41) is 10.3. The maximum Gasteiger partial charge on any atom is 0.0779 e. The second-order valence-corrected chi connectivity index (χ2v) is 5.80. The first kappa shape index (κ1) is 11.0. The van der Waals surface area contributed by atoms with Gasteiger partial charge in [-0.15, -0.1) is 0 Å². The van der Waals surface area contributed by atoms with Crippen LogP contribution in [0.1, 0.15) is 40.0 Å². The largest absolute Gasteiger partial charge is 0.389 e. The smallest absolute Gasteiger partial charge is 0.0779 e. The normalized spacial score (nSPS) is 32.1. The van der Waals surface area contributed by atoms with Crippen molar-refractivity contribution in [2.24, 2.45) is 5.41 Å². The average molecular weight is 185 g/mol. The topological polar surface area (TPSA) is 23.5 Å². The zero-order valence-corrected chi connectivity index (χ0v) is 9.43. The van der Waals surface area contributed by atoms with E-state index in [2.05, 4.69) is 32.7 Å². The van der Waals surface area contributed by atoms with E-state index in [-0.39, 0.29) is 5.41 Å². The van der Waals surface area contributed by atoms with Crippen molar-refractivity contribution in [2.45, 2.75) is 45.6 Å². The first-order valence-electron chi connectivity index (χ1n) is 5.22. The van der Waals surface area contributed by atoms with Gasteiger partial charge in [0.2, 0.25) is 0 Å². The third-order valence-electron chi connectivity index (χ3n) is 2.61. The minimum Gasteiger partial charge on any atom is -0.389 e. The van der Waals surface area contributed by atoms with Crippen molar-refractivity contribution in [3.8, 4) is 0 Å². The lowest BCUT2D eigenvalue weighted by Crippen LogP contribution is -2.48. The van der Waals surface area contributed by atoms with Gasteiger partial charge in [-0.3, -0.25) is 0 Å². The molecule has 0 aromatic carbocycles. The molecule has 0 bridgehead atoms. The van der Waals surface area contributed by atoms with Crippen molar-refractivity contribution in [2.75, 3.05) is 20.1 Å². The molecule has 1 aliphatic rings. The van der Waals surface area contributed by atoms with Gasteiger partial charge in [-0.05, 0) is 38.3 Å². The second-order valence-electron chi connectivity index (χ2n) is 5.80. The van der Waals surface area contributed by atoms with Gasteiger partial charge in [0, 0.05) is 6.54 Å². The average Bonchev–Trinajstić information content (AvgIpc) is 1.79. The standard InChI is InChI=1S/C11H23NO/c1-10(2,3)8-11(13)6-5-7-12(4)9-11/h13H,5-9H2,1-4H3. The number of likely N-dealkylation sites (tertiary alicyclic amines) is 1. The Kier molecular flexibility index (Phi) is 3.03. The fourth-order valence-corrected chi connectivity index (χ4v) is 2.47. The van der Waals surface area contributed by atoms with Crippen LogP contribution in [0.4, 0.5) is 0 Å². The molecule has 0 aromatic heterocycles. The highest BCUT2D eigenvalue weighted by atomic mass is 16.3. The van der Waals surface area contributed by atoms with Crippen molar-refractivity contribution in [1.82, 2.24) is 4.90 Å². The summed E-state index contributed by atoms with van der Waals surface area (Å²) in [6, 6.07) is 0. The molecule has 1 aliphatic heterocycles. The summed E-state index contributed by atoms with van der Waals surface area (Å²) in [7, 11) is 2.09. The van der Waals surface area contributed by atoms with Crippen LogP contribution in [0.2, 0.25) is 0 Å². The highest BCUT2D eigenvalue weighted by molar-refractivity contribution is 4.89. The first-order chi connectivity index (χ1) is 5.81. The molecule has 1 heterocycles. The fourth-order valence-electron chi connectivity index (χ4n) is 2.47. The van der Waals surface area contributed by atoms with Crippen molar-refractivity contribution in [3.63, 3.8) is 0 Å². The molecule has 1 N–H and O–H groups in total. The first-order valence-corrected chi connectivity index (χ1v) is 5.22. The van der Waals surface area contributed by atoms with Gasteiger partial charge in [0.1, 0.15) is 0 Å². The van der Waals surface area contributed by atoms with E-state index in [1.807, 2.05) is 0 Å². The summed E-state index contributed by atoms with van der Waals surface area (Å²) in [5.41, 5.74) is -0.210. The molecule has 0 spiro atoms. The molecule has 2 heteroatoms. The molecule has 0 aromatic rings. The fraction of sp³-hybridized carbons (Fsp3) is 1.00. The third kappa shape index (κ3) is 3.65. The molecular formula is C11H23NO. The van der Waals surface area contributed by atoms with E-state index in [1.165, 1.54) is 0 Å². The maximum atomic E-state index is 10.3. The molecule has 1 unspecified atom stereocenters. The SMILES string of the molecule is CN1CCCC(O)(CC(C)(C)C)C1. The summed E-state index contributed by atoms with van der Waals surface area (Å²) in [6.45, 7) is 8.55. The van der Waals surface area contributed by atoms with Crippen LogP contribution in [0, 0.1) is 5.41 Å². The lowest BCUT2D eigenvalue weighted by molar-refractivity contribution is -0.0504. The van der Waals surface area contributed by atoms with Crippen LogP contribution in [0.25, 0.3) is 0 Å². The van der Waals surface area contributed by atoms with Crippen LogP contribution in [-0.4, -0.2) is 35.7 Å². The number of likely N-dealkylation sites (N-methyl/N-ethyl adjacent to an activating group) is 1. The van der Waals surface area contributed by atoms with Gasteiger partial charge in [0.05, 0.1) is 5.60 Å². The summed E-state index contributed by atoms with van der Waals surface area (Å²) < 4.78 is 0. The van der Waals surface area contributed by atoms with E-state index in [9.17, 15) is 5.11 Å². The van der Waals surface area contributed by atoms with E-state index >= 15 is 0 Å². The van der Waals surface area contributed by atoms with Crippen molar-refractivity contribution in [3.05, 3.63) is 0 Å². The summed E-state index contributed by atoms with van der Waals surface area (Å²) in [4.78, 5) is 2.23. The molecule has 0 amide bonds. The second kappa shape index (κ2) is 3.58. The van der Waals surface area contributed by atoms with Crippen molar-refractivity contribution < 1.29 is 5.11 Å². The lowest BCUT2D eigenvalue weighted by atomic mass is 9.78. The number of piperidine rings is 1. The molecule has 1 rings (SSSR count). The number of β-amino-alcohol motifs (C(OH)–C–C–N with tert-alkyl or cyclic N) is 1. The van der Waals surface area contributed by atoms with E-state index in [4.69, 9.17) is 0 Å². The Morgan fingerprint density at radius 3 is 2.46 bits per heavy atom. The summed E-state index contributed by atoms with van der Waals surface area (Å²) >= 11 is 0. The molecule has 78 valence electrons. The summed E-state index contributed by atoms with van der Waals surface area (Å²) in [5.74, 6) is 0. The highest BCUT2D eigenvalue weighted by Gasteiger charge is 2.35.